The van der Waals surface area contributed by atoms with E-state index in [9.17, 15) is 4.79 Å². The van der Waals surface area contributed by atoms with E-state index in [1.807, 2.05) is 12.1 Å². The third-order valence-electron chi connectivity index (χ3n) is 4.10. The van der Waals surface area contributed by atoms with Crippen LogP contribution in [-0.4, -0.2) is 5.78 Å². The number of carbonyl (C=O) groups is 1. The Morgan fingerprint density at radius 2 is 1.71 bits per heavy atom. The summed E-state index contributed by atoms with van der Waals surface area (Å²) in [4.78, 5) is 12.5. The van der Waals surface area contributed by atoms with Crippen LogP contribution >= 0.6 is 0 Å². The number of aryl methyl sites for hydroxylation is 1. The molecule has 0 N–H and O–H groups in total. The molecule has 0 saturated heterocycles. The summed E-state index contributed by atoms with van der Waals surface area (Å²) in [5.74, 6) is 0.658. The summed E-state index contributed by atoms with van der Waals surface area (Å²) in [6, 6.07) is 6.08. The van der Waals surface area contributed by atoms with E-state index in [1.165, 1.54) is 36.8 Å². The Morgan fingerprint density at radius 3 is 2.35 bits per heavy atom. The zero-order valence-corrected chi connectivity index (χ0v) is 11.0. The molecule has 92 valence electrons. The van der Waals surface area contributed by atoms with Crippen molar-refractivity contribution in [2.45, 2.75) is 52.4 Å². The molecule has 0 heterocycles. The Kier molecular flexibility index (Phi) is 3.98. The maximum atomic E-state index is 12.5. The number of benzene rings is 1. The van der Waals surface area contributed by atoms with Gasteiger partial charge in [-0.15, -0.1) is 0 Å². The van der Waals surface area contributed by atoms with Crippen LogP contribution in [0.2, 0.25) is 0 Å². The van der Waals surface area contributed by atoms with Gasteiger partial charge in [0.15, 0.2) is 5.78 Å². The minimum absolute atomic E-state index is 0.276. The molecule has 1 aliphatic carbocycles. The maximum Gasteiger partial charge on any atom is 0.166 e. The van der Waals surface area contributed by atoms with Gasteiger partial charge in [0.25, 0.3) is 0 Å². The zero-order valence-electron chi connectivity index (χ0n) is 11.0. The normalized spacial score (nSPS) is 17.8. The number of rotatable bonds is 2. The highest BCUT2D eigenvalue weighted by Gasteiger charge is 2.22. The number of carbonyl (C=O) groups excluding carboxylic acids is 1. The molecule has 1 fully saturated rings. The molecule has 0 aromatic heterocycles. The topological polar surface area (TPSA) is 17.1 Å². The van der Waals surface area contributed by atoms with Gasteiger partial charge in [-0.25, -0.2) is 0 Å². The van der Waals surface area contributed by atoms with E-state index in [1.54, 1.807) is 0 Å². The average molecular weight is 230 g/mol. The summed E-state index contributed by atoms with van der Waals surface area (Å²) in [5, 5.41) is 0. The lowest BCUT2D eigenvalue weighted by Gasteiger charge is -2.15. The van der Waals surface area contributed by atoms with Crippen molar-refractivity contribution in [2.75, 3.05) is 0 Å². The minimum atomic E-state index is 0.276. The van der Waals surface area contributed by atoms with E-state index < -0.39 is 0 Å². The van der Waals surface area contributed by atoms with Crippen LogP contribution < -0.4 is 0 Å². The molecule has 0 bridgehead atoms. The van der Waals surface area contributed by atoms with Gasteiger partial charge >= 0.3 is 0 Å². The monoisotopic (exact) mass is 230 g/mol. The van der Waals surface area contributed by atoms with E-state index in [2.05, 4.69) is 19.9 Å². The van der Waals surface area contributed by atoms with Crippen molar-refractivity contribution >= 4 is 5.78 Å². The lowest BCUT2D eigenvalue weighted by atomic mass is 9.88. The Labute approximate surface area is 104 Å². The summed E-state index contributed by atoms with van der Waals surface area (Å²) in [6.07, 6.45) is 7.23. The van der Waals surface area contributed by atoms with E-state index >= 15 is 0 Å². The van der Waals surface area contributed by atoms with Crippen molar-refractivity contribution in [3.05, 3.63) is 34.9 Å². The fourth-order valence-corrected chi connectivity index (χ4v) is 2.78. The third kappa shape index (κ3) is 2.77. The van der Waals surface area contributed by atoms with Crippen LogP contribution in [0.4, 0.5) is 0 Å². The molecule has 1 aromatic carbocycles. The maximum absolute atomic E-state index is 12.5. The Morgan fingerprint density at radius 1 is 1.06 bits per heavy atom. The Balaban J connectivity index is 2.20. The summed E-state index contributed by atoms with van der Waals surface area (Å²) in [7, 11) is 0. The molecule has 0 atom stereocenters. The molecule has 1 saturated carbocycles. The first-order valence-electron chi connectivity index (χ1n) is 6.80. The van der Waals surface area contributed by atoms with Crippen LogP contribution in [0.3, 0.4) is 0 Å². The van der Waals surface area contributed by atoms with Gasteiger partial charge < -0.3 is 0 Å². The van der Waals surface area contributed by atoms with Crippen molar-refractivity contribution < 1.29 is 4.79 Å². The minimum Gasteiger partial charge on any atom is -0.294 e. The second-order valence-electron chi connectivity index (χ2n) is 5.30. The highest BCUT2D eigenvalue weighted by Crippen LogP contribution is 2.27. The van der Waals surface area contributed by atoms with Crippen LogP contribution in [0.25, 0.3) is 0 Å². The SMILES string of the molecule is Cc1cccc(C(=O)C2CCCCCC2)c1C. The number of ketones is 1. The number of hydrogen-bond donors (Lipinski definition) is 0. The first-order chi connectivity index (χ1) is 8.20. The molecule has 17 heavy (non-hydrogen) atoms. The molecule has 0 aliphatic heterocycles. The summed E-state index contributed by atoms with van der Waals surface area (Å²) >= 11 is 0. The lowest BCUT2D eigenvalue weighted by Crippen LogP contribution is -2.15. The molecule has 0 spiro atoms. The van der Waals surface area contributed by atoms with Crippen molar-refractivity contribution in [1.29, 1.82) is 0 Å². The zero-order chi connectivity index (χ0) is 12.3. The second-order valence-corrected chi connectivity index (χ2v) is 5.30. The molecule has 0 radical (unpaired) electrons. The van der Waals surface area contributed by atoms with Crippen LogP contribution in [-0.2, 0) is 0 Å². The number of hydrogen-bond acceptors (Lipinski definition) is 1. The molecule has 1 aliphatic rings. The van der Waals surface area contributed by atoms with Gasteiger partial charge in [0.2, 0.25) is 0 Å². The summed E-state index contributed by atoms with van der Waals surface area (Å²) in [6.45, 7) is 4.15. The van der Waals surface area contributed by atoms with Crippen LogP contribution in [0.1, 0.15) is 60.0 Å². The molecule has 0 amide bonds. The fraction of sp³-hybridized carbons (Fsp3) is 0.562. The van der Waals surface area contributed by atoms with Crippen molar-refractivity contribution in [2.24, 2.45) is 5.92 Å². The van der Waals surface area contributed by atoms with Gasteiger partial charge in [-0.05, 0) is 37.8 Å². The van der Waals surface area contributed by atoms with Gasteiger partial charge in [0.05, 0.1) is 0 Å². The molecule has 0 unspecified atom stereocenters. The summed E-state index contributed by atoms with van der Waals surface area (Å²) in [5.41, 5.74) is 3.35. The van der Waals surface area contributed by atoms with Gasteiger partial charge in [-0.1, -0.05) is 43.9 Å². The predicted octanol–water partition coefficient (Wildman–Crippen LogP) is 4.46. The standard InChI is InChI=1S/C16H22O/c1-12-8-7-11-15(13(12)2)16(17)14-9-5-3-4-6-10-14/h7-8,11,14H,3-6,9-10H2,1-2H3. The van der Waals surface area contributed by atoms with Crippen molar-refractivity contribution in [3.63, 3.8) is 0 Å². The van der Waals surface area contributed by atoms with E-state index in [4.69, 9.17) is 0 Å². The highest BCUT2D eigenvalue weighted by molar-refractivity contribution is 5.99. The molecule has 1 heteroatoms. The smallest absolute Gasteiger partial charge is 0.166 e. The van der Waals surface area contributed by atoms with Gasteiger partial charge in [0.1, 0.15) is 0 Å². The van der Waals surface area contributed by atoms with Gasteiger partial charge in [-0.2, -0.15) is 0 Å². The largest absolute Gasteiger partial charge is 0.294 e. The van der Waals surface area contributed by atoms with E-state index in [-0.39, 0.29) is 5.92 Å². The predicted molar refractivity (Wildman–Crippen MR) is 71.4 cm³/mol. The average Bonchev–Trinajstić information content (AvgIpc) is 2.60. The molecule has 1 nitrogen and oxygen atoms in total. The highest BCUT2D eigenvalue weighted by atomic mass is 16.1. The molecule has 1 aromatic rings. The number of Topliss-reactive ketones (excluding diaryl/α,β-unsaturated/α-hetero) is 1. The molecular weight excluding hydrogens is 208 g/mol. The molecule has 2 rings (SSSR count). The van der Waals surface area contributed by atoms with Gasteiger partial charge in [-0.3, -0.25) is 4.79 Å². The fourth-order valence-electron chi connectivity index (χ4n) is 2.78. The van der Waals surface area contributed by atoms with Crippen LogP contribution in [0.15, 0.2) is 18.2 Å². The molecular formula is C16H22O. The van der Waals surface area contributed by atoms with Gasteiger partial charge in [0, 0.05) is 11.5 Å². The first-order valence-corrected chi connectivity index (χ1v) is 6.80. The lowest BCUT2D eigenvalue weighted by molar-refractivity contribution is 0.0907. The quantitative estimate of drug-likeness (QED) is 0.541. The Hall–Kier alpha value is -1.11. The van der Waals surface area contributed by atoms with Crippen LogP contribution in [0.5, 0.6) is 0 Å². The van der Waals surface area contributed by atoms with Crippen molar-refractivity contribution in [1.82, 2.24) is 0 Å². The first kappa shape index (κ1) is 12.3. The Bertz CT molecular complexity index is 398. The van der Waals surface area contributed by atoms with E-state index in [0.29, 0.717) is 5.78 Å². The van der Waals surface area contributed by atoms with Crippen molar-refractivity contribution in [3.8, 4) is 0 Å². The second kappa shape index (κ2) is 5.48. The van der Waals surface area contributed by atoms with E-state index in [0.717, 1.165) is 18.4 Å². The van der Waals surface area contributed by atoms with Crippen LogP contribution in [0, 0.1) is 19.8 Å². The summed E-state index contributed by atoms with van der Waals surface area (Å²) < 4.78 is 0. The third-order valence-corrected chi connectivity index (χ3v) is 4.10.